The second kappa shape index (κ2) is 9.16. The van der Waals surface area contributed by atoms with E-state index < -0.39 is 4.92 Å². The zero-order valence-corrected chi connectivity index (χ0v) is 16.9. The summed E-state index contributed by atoms with van der Waals surface area (Å²) in [5.74, 6) is 0.927. The second-order valence-electron chi connectivity index (χ2n) is 5.94. The molecule has 29 heavy (non-hydrogen) atoms. The molecule has 148 valence electrons. The molecule has 0 bridgehead atoms. The van der Waals surface area contributed by atoms with Crippen LogP contribution in [0.3, 0.4) is 0 Å². The Balaban J connectivity index is 1.65. The topological polar surface area (TPSA) is 107 Å². The third kappa shape index (κ3) is 5.29. The van der Waals surface area contributed by atoms with Crippen LogP contribution in [-0.2, 0) is 11.2 Å². The lowest BCUT2D eigenvalue weighted by atomic mass is 10.1. The number of methoxy groups -OCH3 is 1. The van der Waals surface area contributed by atoms with Crippen molar-refractivity contribution in [3.63, 3.8) is 0 Å². The molecule has 0 aliphatic rings. The summed E-state index contributed by atoms with van der Waals surface area (Å²) in [6.45, 7) is 0. The Morgan fingerprint density at radius 2 is 2.00 bits per heavy atom. The Kier molecular flexibility index (Phi) is 6.40. The molecule has 1 heterocycles. The van der Waals surface area contributed by atoms with Gasteiger partial charge < -0.3 is 9.15 Å². The van der Waals surface area contributed by atoms with Crippen LogP contribution >= 0.6 is 15.9 Å². The van der Waals surface area contributed by atoms with E-state index in [0.717, 1.165) is 10.0 Å². The van der Waals surface area contributed by atoms with Crippen LogP contribution in [0.2, 0.25) is 0 Å². The number of nitrogens with zero attached hydrogens (tertiary/aromatic N) is 2. The van der Waals surface area contributed by atoms with Crippen molar-refractivity contribution in [3.8, 4) is 17.1 Å². The summed E-state index contributed by atoms with van der Waals surface area (Å²) in [5, 5.41) is 14.8. The van der Waals surface area contributed by atoms with E-state index >= 15 is 0 Å². The first-order valence-electron chi connectivity index (χ1n) is 8.45. The number of amides is 1. The smallest absolute Gasteiger partial charge is 0.273 e. The highest BCUT2D eigenvalue weighted by molar-refractivity contribution is 9.10. The van der Waals surface area contributed by atoms with Gasteiger partial charge in [-0.3, -0.25) is 14.9 Å². The number of nitro benzene ring substituents is 1. The van der Waals surface area contributed by atoms with Crippen LogP contribution in [0.25, 0.3) is 11.3 Å². The molecule has 0 unspecified atom stereocenters. The van der Waals surface area contributed by atoms with Gasteiger partial charge in [0.15, 0.2) is 0 Å². The summed E-state index contributed by atoms with van der Waals surface area (Å²) in [6, 6.07) is 15.0. The highest BCUT2D eigenvalue weighted by Crippen LogP contribution is 2.34. The van der Waals surface area contributed by atoms with Gasteiger partial charge in [-0.25, -0.2) is 5.43 Å². The number of hydrazone groups is 1. The number of ether oxygens (including phenoxy) is 1. The lowest BCUT2D eigenvalue weighted by molar-refractivity contribution is -0.384. The number of benzene rings is 2. The van der Waals surface area contributed by atoms with Gasteiger partial charge in [-0.05, 0) is 35.9 Å². The van der Waals surface area contributed by atoms with Crippen molar-refractivity contribution < 1.29 is 18.9 Å². The maximum Gasteiger partial charge on any atom is 0.273 e. The Bertz CT molecular complexity index is 1060. The van der Waals surface area contributed by atoms with E-state index in [4.69, 9.17) is 9.15 Å². The molecule has 1 N–H and O–H groups in total. The van der Waals surface area contributed by atoms with Crippen molar-refractivity contribution in [2.45, 2.75) is 6.42 Å². The van der Waals surface area contributed by atoms with E-state index in [1.54, 1.807) is 18.2 Å². The summed E-state index contributed by atoms with van der Waals surface area (Å²) < 4.78 is 11.8. The van der Waals surface area contributed by atoms with Gasteiger partial charge in [0.05, 0.1) is 36.3 Å². The summed E-state index contributed by atoms with van der Waals surface area (Å²) >= 11 is 3.34. The zero-order valence-electron chi connectivity index (χ0n) is 15.3. The number of nitro groups is 1. The number of carbonyl (C=O) groups is 1. The van der Waals surface area contributed by atoms with Crippen LogP contribution in [0.5, 0.6) is 5.75 Å². The molecule has 3 aromatic rings. The Morgan fingerprint density at radius 3 is 2.69 bits per heavy atom. The molecule has 8 nitrogen and oxygen atoms in total. The Morgan fingerprint density at radius 1 is 1.24 bits per heavy atom. The van der Waals surface area contributed by atoms with Crippen molar-refractivity contribution in [2.75, 3.05) is 7.11 Å². The first-order chi connectivity index (χ1) is 14.0. The van der Waals surface area contributed by atoms with Crippen LogP contribution in [0, 0.1) is 10.1 Å². The monoisotopic (exact) mass is 457 g/mol. The molecule has 0 radical (unpaired) electrons. The molecule has 0 spiro atoms. The molecule has 3 rings (SSSR count). The highest BCUT2D eigenvalue weighted by atomic mass is 79.9. The van der Waals surface area contributed by atoms with E-state index in [2.05, 4.69) is 26.5 Å². The van der Waals surface area contributed by atoms with Gasteiger partial charge in [0, 0.05) is 10.5 Å². The van der Waals surface area contributed by atoms with E-state index in [0.29, 0.717) is 22.8 Å². The minimum absolute atomic E-state index is 0.0765. The van der Waals surface area contributed by atoms with Gasteiger partial charge in [0.1, 0.15) is 17.3 Å². The number of halogens is 1. The van der Waals surface area contributed by atoms with Crippen LogP contribution in [0.4, 0.5) is 5.69 Å². The molecule has 0 aliphatic carbocycles. The van der Waals surface area contributed by atoms with Crippen molar-refractivity contribution in [1.82, 2.24) is 5.43 Å². The number of non-ortho nitro benzene ring substituents is 1. The first kappa shape index (κ1) is 20.3. The molecule has 0 saturated heterocycles. The van der Waals surface area contributed by atoms with Crippen LogP contribution in [0.1, 0.15) is 11.3 Å². The summed E-state index contributed by atoms with van der Waals surface area (Å²) in [4.78, 5) is 22.3. The Hall–Kier alpha value is -3.46. The lowest BCUT2D eigenvalue weighted by Crippen LogP contribution is -2.19. The molecular formula is C20H16BrN3O5. The largest absolute Gasteiger partial charge is 0.496 e. The maximum absolute atomic E-state index is 11.9. The minimum Gasteiger partial charge on any atom is -0.496 e. The number of rotatable bonds is 7. The molecule has 0 aliphatic heterocycles. The number of carbonyl (C=O) groups excluding carboxylic acids is 1. The highest BCUT2D eigenvalue weighted by Gasteiger charge is 2.15. The molecule has 0 fully saturated rings. The number of nitrogens with one attached hydrogen (secondary N) is 1. The summed E-state index contributed by atoms with van der Waals surface area (Å²) in [6.07, 6.45) is 1.58. The van der Waals surface area contributed by atoms with E-state index in [9.17, 15) is 14.9 Å². The quantitative estimate of drug-likeness (QED) is 0.323. The maximum atomic E-state index is 11.9. The molecule has 0 saturated carbocycles. The number of furan rings is 1. The van der Waals surface area contributed by atoms with Crippen molar-refractivity contribution in [2.24, 2.45) is 5.10 Å². The molecular weight excluding hydrogens is 442 g/mol. The fraction of sp³-hybridized carbons (Fsp3) is 0.100. The molecule has 0 atom stereocenters. The number of hydrogen-bond donors (Lipinski definition) is 1. The van der Waals surface area contributed by atoms with Gasteiger partial charge in [0.2, 0.25) is 5.91 Å². The van der Waals surface area contributed by atoms with Crippen molar-refractivity contribution in [1.29, 1.82) is 0 Å². The fourth-order valence-electron chi connectivity index (χ4n) is 2.56. The van der Waals surface area contributed by atoms with Gasteiger partial charge >= 0.3 is 0 Å². The second-order valence-corrected chi connectivity index (χ2v) is 6.86. The van der Waals surface area contributed by atoms with Crippen LogP contribution < -0.4 is 10.2 Å². The summed E-state index contributed by atoms with van der Waals surface area (Å²) in [5.41, 5.74) is 3.80. The zero-order chi connectivity index (χ0) is 20.8. The average molecular weight is 458 g/mol. The molecule has 2 aromatic carbocycles. The normalized spacial score (nSPS) is 10.8. The minimum atomic E-state index is -0.497. The first-order valence-corrected chi connectivity index (χ1v) is 9.24. The Labute approximate surface area is 174 Å². The van der Waals surface area contributed by atoms with E-state index in [1.165, 1.54) is 25.5 Å². The molecule has 1 amide bonds. The lowest BCUT2D eigenvalue weighted by Gasteiger charge is -2.05. The SMILES string of the molecule is COc1cc([N+](=O)[O-])ccc1-c1ccc(C=NNC(=O)Cc2ccc(Br)cc2)o1. The fourth-order valence-corrected chi connectivity index (χ4v) is 2.82. The van der Waals surface area contributed by atoms with E-state index in [-0.39, 0.29) is 18.0 Å². The van der Waals surface area contributed by atoms with Gasteiger partial charge in [-0.2, -0.15) is 5.10 Å². The van der Waals surface area contributed by atoms with Gasteiger partial charge in [-0.15, -0.1) is 0 Å². The predicted octanol–water partition coefficient (Wildman–Crippen LogP) is 4.32. The molecule has 9 heteroatoms. The summed E-state index contributed by atoms with van der Waals surface area (Å²) in [7, 11) is 1.43. The third-order valence-electron chi connectivity index (χ3n) is 3.95. The van der Waals surface area contributed by atoms with E-state index in [1.807, 2.05) is 24.3 Å². The standard InChI is InChI=1S/C20H16BrN3O5/c1-28-19-11-15(24(26)27)6-8-17(19)18-9-7-16(29-18)12-22-23-20(25)10-13-2-4-14(21)5-3-13/h2-9,11-12H,10H2,1H3,(H,23,25). The van der Waals surface area contributed by atoms with Crippen molar-refractivity contribution in [3.05, 3.63) is 80.5 Å². The van der Waals surface area contributed by atoms with Crippen LogP contribution in [0.15, 0.2) is 68.6 Å². The number of hydrogen-bond acceptors (Lipinski definition) is 6. The molecule has 1 aromatic heterocycles. The average Bonchev–Trinajstić information content (AvgIpc) is 3.18. The third-order valence-corrected chi connectivity index (χ3v) is 4.48. The van der Waals surface area contributed by atoms with Crippen LogP contribution in [-0.4, -0.2) is 24.2 Å². The van der Waals surface area contributed by atoms with Gasteiger partial charge in [0.25, 0.3) is 5.69 Å². The predicted molar refractivity (Wildman–Crippen MR) is 111 cm³/mol. The van der Waals surface area contributed by atoms with Crippen molar-refractivity contribution >= 4 is 33.7 Å². The van der Waals surface area contributed by atoms with Gasteiger partial charge in [-0.1, -0.05) is 28.1 Å².